The van der Waals surface area contributed by atoms with Gasteiger partial charge in [-0.15, -0.1) is 0 Å². The molecule has 3 atom stereocenters. The molecule has 0 bridgehead atoms. The largest absolute Gasteiger partial charge is 0.506 e. The fourth-order valence-corrected chi connectivity index (χ4v) is 3.44. The van der Waals surface area contributed by atoms with Crippen LogP contribution in [0, 0.1) is 17.3 Å². The molecular weight excluding hydrogens is 364 g/mol. The summed E-state index contributed by atoms with van der Waals surface area (Å²) in [6.07, 6.45) is 9.38. The number of Topliss-reactive ketones (excluding diaryl/α,β-unsaturated/α-hetero) is 2. The first-order chi connectivity index (χ1) is 12.5. The zero-order chi connectivity index (χ0) is 20.5. The predicted octanol–water partition coefficient (Wildman–Crippen LogP) is 4.77. The number of hydrogen-bond donors (Lipinski definition) is 1. The van der Waals surface area contributed by atoms with Gasteiger partial charge in [0.1, 0.15) is 5.76 Å². The smallest absolute Gasteiger partial charge is 0.233 e. The Morgan fingerprint density at radius 3 is 2.52 bits per heavy atom. The highest BCUT2D eigenvalue weighted by molar-refractivity contribution is 6.53. The fourth-order valence-electron chi connectivity index (χ4n) is 3.24. The predicted molar refractivity (Wildman–Crippen MR) is 106 cm³/mol. The van der Waals surface area contributed by atoms with E-state index in [9.17, 15) is 19.5 Å². The maximum atomic E-state index is 12.1. The van der Waals surface area contributed by atoms with Gasteiger partial charge in [-0.3, -0.25) is 14.4 Å². The van der Waals surface area contributed by atoms with Gasteiger partial charge >= 0.3 is 0 Å². The van der Waals surface area contributed by atoms with E-state index in [0.717, 1.165) is 5.57 Å². The zero-order valence-corrected chi connectivity index (χ0v) is 17.1. The number of halogens is 1. The van der Waals surface area contributed by atoms with E-state index in [1.807, 2.05) is 32.1 Å². The van der Waals surface area contributed by atoms with Crippen molar-refractivity contribution in [2.45, 2.75) is 41.0 Å². The van der Waals surface area contributed by atoms with Crippen LogP contribution in [0.2, 0.25) is 0 Å². The van der Waals surface area contributed by atoms with Gasteiger partial charge < -0.3 is 5.11 Å². The van der Waals surface area contributed by atoms with Crippen LogP contribution in [0.15, 0.2) is 57.9 Å². The summed E-state index contributed by atoms with van der Waals surface area (Å²) in [5.74, 6) is -1.54. The second-order valence-electron chi connectivity index (χ2n) is 7.55. The van der Waals surface area contributed by atoms with Gasteiger partial charge in [0.15, 0.2) is 5.78 Å². The quantitative estimate of drug-likeness (QED) is 0.427. The molecule has 0 heterocycles. The minimum absolute atomic E-state index is 0.00655. The molecule has 0 aromatic heterocycles. The third-order valence-electron chi connectivity index (χ3n) is 5.87. The molecule has 0 spiro atoms. The van der Waals surface area contributed by atoms with Gasteiger partial charge in [0, 0.05) is 16.9 Å². The third-order valence-corrected chi connectivity index (χ3v) is 6.33. The Labute approximate surface area is 165 Å². The highest BCUT2D eigenvalue weighted by Gasteiger charge is 2.39. The van der Waals surface area contributed by atoms with E-state index in [1.165, 1.54) is 6.92 Å². The first kappa shape index (κ1) is 21.1. The number of rotatable bonds is 4. The Kier molecular flexibility index (Phi) is 6.10. The molecule has 1 N–H and O–H groups in total. The zero-order valence-electron chi connectivity index (χ0n) is 16.3. The Bertz CT molecular complexity index is 854. The summed E-state index contributed by atoms with van der Waals surface area (Å²) < 4.78 is 0. The van der Waals surface area contributed by atoms with E-state index < -0.39 is 11.6 Å². The summed E-state index contributed by atoms with van der Waals surface area (Å²) in [7, 11) is 0. The lowest BCUT2D eigenvalue weighted by Gasteiger charge is -2.38. The minimum Gasteiger partial charge on any atom is -0.506 e. The average Bonchev–Trinajstić information content (AvgIpc) is 2.64. The number of hydrogen-bond acceptors (Lipinski definition) is 4. The summed E-state index contributed by atoms with van der Waals surface area (Å²) in [6, 6.07) is 0. The van der Waals surface area contributed by atoms with Crippen LogP contribution in [0.1, 0.15) is 41.0 Å². The lowest BCUT2D eigenvalue weighted by Crippen LogP contribution is -2.37. The number of carbonyl (C=O) groups excluding carboxylic acids is 3. The van der Waals surface area contributed by atoms with Crippen molar-refractivity contribution in [3.05, 3.63) is 57.9 Å². The fraction of sp³-hybridized carbons (Fsp3) is 0.409. The van der Waals surface area contributed by atoms with Crippen LogP contribution in [-0.2, 0) is 14.4 Å². The van der Waals surface area contributed by atoms with Crippen molar-refractivity contribution in [3.63, 3.8) is 0 Å². The van der Waals surface area contributed by atoms with Crippen molar-refractivity contribution in [1.29, 1.82) is 0 Å². The summed E-state index contributed by atoms with van der Waals surface area (Å²) >= 11 is 5.94. The molecule has 5 heteroatoms. The highest BCUT2D eigenvalue weighted by Crippen LogP contribution is 2.41. The van der Waals surface area contributed by atoms with E-state index in [0.29, 0.717) is 0 Å². The Morgan fingerprint density at radius 1 is 1.26 bits per heavy atom. The summed E-state index contributed by atoms with van der Waals surface area (Å²) in [5, 5.41) is 10.0. The first-order valence-electron chi connectivity index (χ1n) is 8.96. The SMILES string of the molecule is CC1=C(Cl)C(O)=C(C/C=C(C)/C=C/[C@@]2(C)[C@H](C)C=CC(=O)[C@@H]2C)C(=O)C1=O. The molecule has 2 aliphatic rings. The van der Waals surface area contributed by atoms with Crippen LogP contribution in [0.4, 0.5) is 0 Å². The number of allylic oxidation sites excluding steroid dienone is 9. The average molecular weight is 389 g/mol. The van der Waals surface area contributed by atoms with Crippen molar-refractivity contribution < 1.29 is 19.5 Å². The molecule has 27 heavy (non-hydrogen) atoms. The van der Waals surface area contributed by atoms with Gasteiger partial charge in [0.25, 0.3) is 0 Å². The van der Waals surface area contributed by atoms with Crippen LogP contribution < -0.4 is 0 Å². The third kappa shape index (κ3) is 3.91. The van der Waals surface area contributed by atoms with Crippen LogP contribution in [0.25, 0.3) is 0 Å². The molecule has 2 rings (SSSR count). The normalized spacial score (nSPS) is 30.1. The maximum Gasteiger partial charge on any atom is 0.233 e. The minimum atomic E-state index is -0.723. The van der Waals surface area contributed by atoms with E-state index in [1.54, 1.807) is 12.2 Å². The van der Waals surface area contributed by atoms with Crippen molar-refractivity contribution in [2.75, 3.05) is 0 Å². The van der Waals surface area contributed by atoms with Crippen LogP contribution in [0.3, 0.4) is 0 Å². The van der Waals surface area contributed by atoms with E-state index in [-0.39, 0.29) is 51.4 Å². The molecule has 0 saturated carbocycles. The number of aliphatic hydroxyl groups excluding tert-OH is 1. The van der Waals surface area contributed by atoms with Gasteiger partial charge in [0.05, 0.1) is 10.6 Å². The molecule has 2 aliphatic carbocycles. The van der Waals surface area contributed by atoms with Gasteiger partial charge in [-0.2, -0.15) is 0 Å². The summed E-state index contributed by atoms with van der Waals surface area (Å²) in [6.45, 7) is 9.35. The maximum absolute atomic E-state index is 12.1. The van der Waals surface area contributed by atoms with Gasteiger partial charge in [0.2, 0.25) is 11.6 Å². The van der Waals surface area contributed by atoms with Crippen LogP contribution in [0.5, 0.6) is 0 Å². The number of ketones is 3. The van der Waals surface area contributed by atoms with E-state index in [4.69, 9.17) is 11.6 Å². The number of carbonyl (C=O) groups is 3. The molecule has 144 valence electrons. The van der Waals surface area contributed by atoms with Gasteiger partial charge in [-0.25, -0.2) is 0 Å². The lowest BCUT2D eigenvalue weighted by molar-refractivity contribution is -0.132. The molecule has 0 aromatic carbocycles. The summed E-state index contributed by atoms with van der Waals surface area (Å²) in [4.78, 5) is 36.1. The van der Waals surface area contributed by atoms with Crippen molar-refractivity contribution in [2.24, 2.45) is 17.3 Å². The van der Waals surface area contributed by atoms with Crippen LogP contribution >= 0.6 is 11.6 Å². The van der Waals surface area contributed by atoms with Crippen molar-refractivity contribution in [3.8, 4) is 0 Å². The standard InChI is InChI=1S/C22H25ClO4/c1-12(10-11-22(5)13(2)7-9-17(24)15(22)4)6-8-16-20(26)18(23)14(3)19(25)21(16)27/h6-7,9-11,13,15,26H,8H2,1-5H3/b11-10+,12-6+/t13-,15+,22+/m1/s1. The molecule has 0 fully saturated rings. The Morgan fingerprint density at radius 2 is 1.89 bits per heavy atom. The molecule has 0 radical (unpaired) electrons. The summed E-state index contributed by atoms with van der Waals surface area (Å²) in [5.41, 5.74) is 0.629. The van der Waals surface area contributed by atoms with E-state index in [2.05, 4.69) is 13.8 Å². The molecule has 0 unspecified atom stereocenters. The second-order valence-corrected chi connectivity index (χ2v) is 7.93. The van der Waals surface area contributed by atoms with Crippen molar-refractivity contribution in [1.82, 2.24) is 0 Å². The topological polar surface area (TPSA) is 71.4 Å². The highest BCUT2D eigenvalue weighted by atomic mass is 35.5. The molecular formula is C22H25ClO4. The lowest BCUT2D eigenvalue weighted by atomic mass is 9.64. The Hall–Kier alpha value is -2.20. The monoisotopic (exact) mass is 388 g/mol. The first-order valence-corrected chi connectivity index (χ1v) is 9.34. The molecule has 0 saturated heterocycles. The Balaban J connectivity index is 2.23. The van der Waals surface area contributed by atoms with E-state index >= 15 is 0 Å². The number of aliphatic hydroxyl groups is 1. The molecule has 0 amide bonds. The van der Waals surface area contributed by atoms with Gasteiger partial charge in [-0.1, -0.05) is 62.2 Å². The molecule has 0 aliphatic heterocycles. The molecule has 4 nitrogen and oxygen atoms in total. The van der Waals surface area contributed by atoms with Gasteiger partial charge in [-0.05, 0) is 32.3 Å². The van der Waals surface area contributed by atoms with Crippen LogP contribution in [-0.4, -0.2) is 22.5 Å². The molecule has 0 aromatic rings. The van der Waals surface area contributed by atoms with Crippen molar-refractivity contribution >= 4 is 29.0 Å². The second kappa shape index (κ2) is 7.81.